The smallest absolute Gasteiger partial charge is 0.407 e. The van der Waals surface area contributed by atoms with Gasteiger partial charge in [-0.3, -0.25) is 0 Å². The molecular weight excluding hydrogens is 310 g/mol. The maximum Gasteiger partial charge on any atom is 0.407 e. The first-order valence-electron chi connectivity index (χ1n) is 6.86. The van der Waals surface area contributed by atoms with Crippen LogP contribution in [-0.4, -0.2) is 35.3 Å². The van der Waals surface area contributed by atoms with Gasteiger partial charge in [-0.15, -0.1) is 0 Å². The molecule has 114 valence electrons. The molecule has 0 aliphatic heterocycles. The minimum atomic E-state index is -0.481. The second-order valence-corrected chi connectivity index (χ2v) is 6.56. The zero-order valence-electron chi connectivity index (χ0n) is 13.0. The summed E-state index contributed by atoms with van der Waals surface area (Å²) >= 11 is 3.45. The molecule has 0 bridgehead atoms. The van der Waals surface area contributed by atoms with Crippen molar-refractivity contribution in [2.45, 2.75) is 71.7 Å². The molecule has 0 saturated heterocycles. The van der Waals surface area contributed by atoms with E-state index in [1.165, 1.54) is 0 Å². The summed E-state index contributed by atoms with van der Waals surface area (Å²) in [6.07, 6.45) is 1.73. The first-order chi connectivity index (χ1) is 8.65. The standard InChI is InChI=1S/C14H28BrNO3/c1-7-11(8-2)18-14(6,9-15)10-16-12(17)19-13(3,4)5/h11H,7-10H2,1-6H3,(H,16,17). The average molecular weight is 338 g/mol. The highest BCUT2D eigenvalue weighted by atomic mass is 79.9. The monoisotopic (exact) mass is 337 g/mol. The topological polar surface area (TPSA) is 47.6 Å². The van der Waals surface area contributed by atoms with Gasteiger partial charge in [-0.05, 0) is 40.5 Å². The number of ether oxygens (including phenoxy) is 2. The fourth-order valence-electron chi connectivity index (χ4n) is 1.55. The molecule has 1 amide bonds. The van der Waals surface area contributed by atoms with E-state index in [0.717, 1.165) is 12.8 Å². The number of rotatable bonds is 7. The number of alkyl carbamates (subject to hydrolysis) is 1. The van der Waals surface area contributed by atoms with Crippen molar-refractivity contribution in [1.82, 2.24) is 5.32 Å². The van der Waals surface area contributed by atoms with E-state index < -0.39 is 17.3 Å². The minimum Gasteiger partial charge on any atom is -0.444 e. The zero-order valence-corrected chi connectivity index (χ0v) is 14.6. The van der Waals surface area contributed by atoms with Crippen molar-refractivity contribution in [3.05, 3.63) is 0 Å². The van der Waals surface area contributed by atoms with Crippen LogP contribution in [0.3, 0.4) is 0 Å². The normalized spacial score (nSPS) is 15.2. The summed E-state index contributed by atoms with van der Waals surface area (Å²) in [5.41, 5.74) is -0.904. The van der Waals surface area contributed by atoms with Crippen molar-refractivity contribution in [2.24, 2.45) is 0 Å². The highest BCUT2D eigenvalue weighted by molar-refractivity contribution is 9.09. The summed E-state index contributed by atoms with van der Waals surface area (Å²) in [6.45, 7) is 12.1. The van der Waals surface area contributed by atoms with Crippen molar-refractivity contribution in [3.8, 4) is 0 Å². The molecule has 0 aromatic heterocycles. The Morgan fingerprint density at radius 1 is 1.21 bits per heavy atom. The van der Waals surface area contributed by atoms with Gasteiger partial charge in [0.15, 0.2) is 0 Å². The van der Waals surface area contributed by atoms with Gasteiger partial charge in [0.2, 0.25) is 0 Å². The zero-order chi connectivity index (χ0) is 15.1. The number of amides is 1. The van der Waals surface area contributed by atoms with Crippen LogP contribution in [0.5, 0.6) is 0 Å². The van der Waals surface area contributed by atoms with E-state index in [-0.39, 0.29) is 6.10 Å². The predicted molar refractivity (Wildman–Crippen MR) is 81.9 cm³/mol. The second kappa shape index (κ2) is 8.10. The van der Waals surface area contributed by atoms with Gasteiger partial charge in [0, 0.05) is 5.33 Å². The maximum absolute atomic E-state index is 11.6. The van der Waals surface area contributed by atoms with Crippen LogP contribution in [0.15, 0.2) is 0 Å². The van der Waals surface area contributed by atoms with E-state index in [2.05, 4.69) is 35.1 Å². The molecule has 5 heteroatoms. The summed E-state index contributed by atoms with van der Waals surface area (Å²) < 4.78 is 11.3. The predicted octanol–water partition coefficient (Wildman–Crippen LogP) is 3.87. The molecule has 0 fully saturated rings. The Labute approximate surface area is 125 Å². The fraction of sp³-hybridized carbons (Fsp3) is 0.929. The average Bonchev–Trinajstić information content (AvgIpc) is 2.31. The molecule has 0 rings (SSSR count). The molecule has 0 heterocycles. The Morgan fingerprint density at radius 2 is 1.74 bits per heavy atom. The summed E-state index contributed by atoms with van der Waals surface area (Å²) in [5.74, 6) is 0. The third-order valence-corrected chi connectivity index (χ3v) is 3.84. The molecule has 0 saturated carbocycles. The van der Waals surface area contributed by atoms with Crippen LogP contribution in [0.1, 0.15) is 54.4 Å². The van der Waals surface area contributed by atoms with Gasteiger partial charge < -0.3 is 14.8 Å². The number of alkyl halides is 1. The van der Waals surface area contributed by atoms with E-state index in [0.29, 0.717) is 11.9 Å². The lowest BCUT2D eigenvalue weighted by atomic mass is 10.1. The largest absolute Gasteiger partial charge is 0.444 e. The second-order valence-electron chi connectivity index (χ2n) is 6.00. The van der Waals surface area contributed by atoms with Crippen molar-refractivity contribution < 1.29 is 14.3 Å². The number of hydrogen-bond donors (Lipinski definition) is 1. The molecule has 0 aromatic rings. The molecule has 4 nitrogen and oxygen atoms in total. The lowest BCUT2D eigenvalue weighted by Crippen LogP contribution is -2.47. The van der Waals surface area contributed by atoms with Crippen LogP contribution < -0.4 is 5.32 Å². The van der Waals surface area contributed by atoms with Crippen molar-refractivity contribution in [1.29, 1.82) is 0 Å². The Balaban J connectivity index is 4.35. The first kappa shape index (κ1) is 18.7. The van der Waals surface area contributed by atoms with E-state index >= 15 is 0 Å². The van der Waals surface area contributed by atoms with Crippen LogP contribution in [0.25, 0.3) is 0 Å². The number of carbonyl (C=O) groups excluding carboxylic acids is 1. The Bertz CT molecular complexity index is 274. The van der Waals surface area contributed by atoms with Crippen LogP contribution in [-0.2, 0) is 9.47 Å². The van der Waals surface area contributed by atoms with Crippen LogP contribution in [0.2, 0.25) is 0 Å². The van der Waals surface area contributed by atoms with Gasteiger partial charge >= 0.3 is 6.09 Å². The molecule has 0 aliphatic rings. The number of hydrogen-bond acceptors (Lipinski definition) is 3. The van der Waals surface area contributed by atoms with Gasteiger partial charge in [-0.2, -0.15) is 0 Å². The SMILES string of the molecule is CCC(CC)OC(C)(CBr)CNC(=O)OC(C)(C)C. The Kier molecular flexibility index (Phi) is 7.98. The highest BCUT2D eigenvalue weighted by Gasteiger charge is 2.28. The molecule has 1 atom stereocenters. The van der Waals surface area contributed by atoms with Crippen LogP contribution in [0, 0.1) is 0 Å². The van der Waals surface area contributed by atoms with E-state index in [4.69, 9.17) is 9.47 Å². The molecule has 0 radical (unpaired) electrons. The molecule has 0 spiro atoms. The number of carbonyl (C=O) groups is 1. The minimum absolute atomic E-state index is 0.211. The van der Waals surface area contributed by atoms with Crippen molar-refractivity contribution >= 4 is 22.0 Å². The van der Waals surface area contributed by atoms with E-state index in [1.807, 2.05) is 27.7 Å². The van der Waals surface area contributed by atoms with Gasteiger partial charge in [0.25, 0.3) is 0 Å². The number of halogens is 1. The summed E-state index contributed by atoms with van der Waals surface area (Å²) in [5, 5.41) is 3.43. The van der Waals surface area contributed by atoms with Gasteiger partial charge in [0.05, 0.1) is 18.2 Å². The summed E-state index contributed by atoms with van der Waals surface area (Å²) in [6, 6.07) is 0. The van der Waals surface area contributed by atoms with Crippen LogP contribution in [0.4, 0.5) is 4.79 Å². The number of nitrogens with one attached hydrogen (secondary N) is 1. The quantitative estimate of drug-likeness (QED) is 0.717. The third-order valence-electron chi connectivity index (χ3n) is 2.65. The Hall–Kier alpha value is -0.290. The first-order valence-corrected chi connectivity index (χ1v) is 7.98. The fourth-order valence-corrected chi connectivity index (χ4v) is 1.88. The molecule has 1 N–H and O–H groups in total. The highest BCUT2D eigenvalue weighted by Crippen LogP contribution is 2.19. The molecule has 19 heavy (non-hydrogen) atoms. The summed E-state index contributed by atoms with van der Waals surface area (Å²) in [4.78, 5) is 11.6. The molecular formula is C14H28BrNO3. The van der Waals surface area contributed by atoms with E-state index in [9.17, 15) is 4.79 Å². The van der Waals surface area contributed by atoms with Crippen molar-refractivity contribution in [2.75, 3.05) is 11.9 Å². The summed E-state index contributed by atoms with van der Waals surface area (Å²) in [7, 11) is 0. The Morgan fingerprint density at radius 3 is 2.11 bits per heavy atom. The molecule has 1 unspecified atom stereocenters. The van der Waals surface area contributed by atoms with Gasteiger partial charge in [-0.25, -0.2) is 4.79 Å². The lowest BCUT2D eigenvalue weighted by Gasteiger charge is -2.32. The van der Waals surface area contributed by atoms with E-state index in [1.54, 1.807) is 0 Å². The lowest BCUT2D eigenvalue weighted by molar-refractivity contribution is -0.0689. The molecule has 0 aliphatic carbocycles. The van der Waals surface area contributed by atoms with Crippen LogP contribution >= 0.6 is 15.9 Å². The van der Waals surface area contributed by atoms with Gasteiger partial charge in [-0.1, -0.05) is 29.8 Å². The van der Waals surface area contributed by atoms with Gasteiger partial charge in [0.1, 0.15) is 5.60 Å². The third kappa shape index (κ3) is 8.47. The molecule has 0 aromatic carbocycles. The van der Waals surface area contributed by atoms with Crippen molar-refractivity contribution in [3.63, 3.8) is 0 Å². The maximum atomic E-state index is 11.6.